The molecule has 0 unspecified atom stereocenters. The molecule has 3 aromatic carbocycles. The number of esters is 1. The molecule has 7 heteroatoms. The van der Waals surface area contributed by atoms with Gasteiger partial charge in [-0.25, -0.2) is 4.79 Å². The molecule has 0 aliphatic carbocycles. The van der Waals surface area contributed by atoms with E-state index in [-0.39, 0.29) is 6.42 Å². The van der Waals surface area contributed by atoms with Gasteiger partial charge in [0.15, 0.2) is 6.10 Å². The molecule has 3 atom stereocenters. The van der Waals surface area contributed by atoms with Crippen molar-refractivity contribution in [3.8, 4) is 0 Å². The maximum absolute atomic E-state index is 13.1. The lowest BCUT2D eigenvalue weighted by molar-refractivity contribution is -0.146. The zero-order valence-corrected chi connectivity index (χ0v) is 20.0. The van der Waals surface area contributed by atoms with Crippen molar-refractivity contribution in [3.05, 3.63) is 107 Å². The van der Waals surface area contributed by atoms with E-state index in [0.29, 0.717) is 11.1 Å². The van der Waals surface area contributed by atoms with Gasteiger partial charge in [0.2, 0.25) is 0 Å². The number of aliphatic hydroxyl groups is 1. The summed E-state index contributed by atoms with van der Waals surface area (Å²) in [6.07, 6.45) is -1.46. The van der Waals surface area contributed by atoms with E-state index in [0.717, 1.165) is 16.7 Å². The number of amides is 2. The number of benzene rings is 3. The normalized spacial score (nSPS) is 13.3. The largest absolute Gasteiger partial charge is 0.467 e. The van der Waals surface area contributed by atoms with Gasteiger partial charge in [0, 0.05) is 12.0 Å². The van der Waals surface area contributed by atoms with Crippen LogP contribution in [0.15, 0.2) is 78.9 Å². The number of rotatable bonds is 9. The van der Waals surface area contributed by atoms with E-state index < -0.39 is 36.0 Å². The molecule has 0 bridgehead atoms. The maximum Gasteiger partial charge on any atom is 0.328 e. The third kappa shape index (κ3) is 6.77. The van der Waals surface area contributed by atoms with Crippen LogP contribution in [-0.2, 0) is 20.7 Å². The minimum Gasteiger partial charge on any atom is -0.467 e. The van der Waals surface area contributed by atoms with Gasteiger partial charge in [0.05, 0.1) is 13.2 Å². The summed E-state index contributed by atoms with van der Waals surface area (Å²) in [7, 11) is 1.24. The smallest absolute Gasteiger partial charge is 0.328 e. The molecule has 0 saturated heterocycles. The summed E-state index contributed by atoms with van der Waals surface area (Å²) >= 11 is 0. The molecule has 35 heavy (non-hydrogen) atoms. The van der Waals surface area contributed by atoms with Gasteiger partial charge in [-0.15, -0.1) is 0 Å². The van der Waals surface area contributed by atoms with Gasteiger partial charge < -0.3 is 20.5 Å². The van der Waals surface area contributed by atoms with Crippen LogP contribution in [0.2, 0.25) is 0 Å². The zero-order chi connectivity index (χ0) is 25.4. The first-order valence-electron chi connectivity index (χ1n) is 11.3. The Labute approximate surface area is 205 Å². The predicted octanol–water partition coefficient (Wildman–Crippen LogP) is 3.04. The Balaban J connectivity index is 1.81. The number of carbonyl (C=O) groups excluding carboxylic acids is 3. The van der Waals surface area contributed by atoms with E-state index in [1.807, 2.05) is 32.0 Å². The molecule has 3 rings (SSSR count). The van der Waals surface area contributed by atoms with Crippen molar-refractivity contribution in [2.75, 3.05) is 7.11 Å². The third-order valence-corrected chi connectivity index (χ3v) is 5.88. The van der Waals surface area contributed by atoms with Gasteiger partial charge >= 0.3 is 5.97 Å². The summed E-state index contributed by atoms with van der Waals surface area (Å²) in [5.41, 5.74) is 3.95. The van der Waals surface area contributed by atoms with Gasteiger partial charge in [0.25, 0.3) is 11.8 Å². The minimum atomic E-state index is -1.66. The molecule has 3 N–H and O–H groups in total. The van der Waals surface area contributed by atoms with E-state index in [1.54, 1.807) is 60.7 Å². The molecule has 0 aliphatic rings. The molecule has 0 heterocycles. The van der Waals surface area contributed by atoms with E-state index in [9.17, 15) is 19.5 Å². The lowest BCUT2D eigenvalue weighted by Crippen LogP contribution is -2.51. The highest BCUT2D eigenvalue weighted by molar-refractivity contribution is 5.95. The Morgan fingerprint density at radius 3 is 2.09 bits per heavy atom. The molecule has 7 nitrogen and oxygen atoms in total. The number of hydrogen-bond donors (Lipinski definition) is 3. The lowest BCUT2D eigenvalue weighted by atomic mass is 9.98. The number of methoxy groups -OCH3 is 1. The topological polar surface area (TPSA) is 105 Å². The molecule has 0 aliphatic heterocycles. The molecular weight excluding hydrogens is 444 g/mol. The van der Waals surface area contributed by atoms with Crippen molar-refractivity contribution in [2.45, 2.75) is 38.5 Å². The van der Waals surface area contributed by atoms with Gasteiger partial charge in [-0.1, -0.05) is 66.7 Å². The number of carbonyl (C=O) groups is 3. The fourth-order valence-corrected chi connectivity index (χ4v) is 3.73. The fourth-order valence-electron chi connectivity index (χ4n) is 3.73. The molecule has 0 radical (unpaired) electrons. The van der Waals surface area contributed by atoms with Crippen molar-refractivity contribution in [1.29, 1.82) is 0 Å². The molecule has 0 aromatic heterocycles. The van der Waals surface area contributed by atoms with Crippen LogP contribution in [0, 0.1) is 13.8 Å². The quantitative estimate of drug-likeness (QED) is 0.414. The van der Waals surface area contributed by atoms with Crippen LogP contribution >= 0.6 is 0 Å². The second-order valence-corrected chi connectivity index (χ2v) is 8.38. The Bertz CT molecular complexity index is 1160. The predicted molar refractivity (Wildman–Crippen MR) is 133 cm³/mol. The first-order valence-corrected chi connectivity index (χ1v) is 11.3. The summed E-state index contributed by atoms with van der Waals surface area (Å²) in [6.45, 7) is 3.96. The highest BCUT2D eigenvalue weighted by atomic mass is 16.5. The number of ether oxygens (including phenoxy) is 1. The van der Waals surface area contributed by atoms with Gasteiger partial charge in [-0.2, -0.15) is 0 Å². The first kappa shape index (κ1) is 25.6. The maximum atomic E-state index is 13.1. The average molecular weight is 475 g/mol. The van der Waals surface area contributed by atoms with Gasteiger partial charge in [-0.3, -0.25) is 9.59 Å². The number of hydrogen-bond acceptors (Lipinski definition) is 5. The highest BCUT2D eigenvalue weighted by Crippen LogP contribution is 2.19. The summed E-state index contributed by atoms with van der Waals surface area (Å²) in [6, 6.07) is 21.0. The van der Waals surface area contributed by atoms with E-state index in [2.05, 4.69) is 10.6 Å². The lowest BCUT2D eigenvalue weighted by Gasteiger charge is -2.26. The molecule has 2 amide bonds. The average Bonchev–Trinajstić information content (AvgIpc) is 2.88. The SMILES string of the molecule is COC(=O)[C@@H](Cc1ccc(C)c(C)c1)NC(=O)[C@H](O)[C@@H](NC(=O)c1ccccc1)c1ccccc1. The van der Waals surface area contributed by atoms with Crippen LogP contribution in [0.1, 0.15) is 38.7 Å². The van der Waals surface area contributed by atoms with Crippen molar-refractivity contribution < 1.29 is 24.2 Å². The molecule has 3 aromatic rings. The Morgan fingerprint density at radius 2 is 1.49 bits per heavy atom. The van der Waals surface area contributed by atoms with Crippen molar-refractivity contribution in [1.82, 2.24) is 10.6 Å². The highest BCUT2D eigenvalue weighted by Gasteiger charge is 2.32. The standard InChI is InChI=1S/C28H30N2O5/c1-18-14-15-20(16-19(18)2)17-23(28(34)35-3)29-27(33)25(31)24(21-10-6-4-7-11-21)30-26(32)22-12-8-5-9-13-22/h4-16,23-25,31H,17H2,1-3H3,(H,29,33)(H,30,32)/t23-,24+,25-/m1/s1. The molecule has 0 spiro atoms. The summed E-state index contributed by atoms with van der Waals surface area (Å²) < 4.78 is 4.88. The summed E-state index contributed by atoms with van der Waals surface area (Å²) in [5.74, 6) is -1.87. The monoisotopic (exact) mass is 474 g/mol. The minimum absolute atomic E-state index is 0.193. The molecule has 0 fully saturated rings. The van der Waals surface area contributed by atoms with Crippen molar-refractivity contribution >= 4 is 17.8 Å². The van der Waals surface area contributed by atoms with E-state index in [4.69, 9.17) is 4.74 Å². The number of aryl methyl sites for hydroxylation is 2. The second kappa shape index (κ2) is 11.9. The number of nitrogens with one attached hydrogen (secondary N) is 2. The fraction of sp³-hybridized carbons (Fsp3) is 0.250. The van der Waals surface area contributed by atoms with Gasteiger partial charge in [-0.05, 0) is 48.2 Å². The van der Waals surface area contributed by atoms with Crippen LogP contribution in [0.5, 0.6) is 0 Å². The van der Waals surface area contributed by atoms with Crippen LogP contribution in [0.25, 0.3) is 0 Å². The van der Waals surface area contributed by atoms with Crippen LogP contribution < -0.4 is 10.6 Å². The Morgan fingerprint density at radius 1 is 0.857 bits per heavy atom. The van der Waals surface area contributed by atoms with Crippen LogP contribution in [0.3, 0.4) is 0 Å². The molecule has 0 saturated carbocycles. The second-order valence-electron chi connectivity index (χ2n) is 8.38. The number of aliphatic hydroxyl groups excluding tert-OH is 1. The third-order valence-electron chi connectivity index (χ3n) is 5.88. The van der Waals surface area contributed by atoms with Crippen LogP contribution in [-0.4, -0.2) is 42.1 Å². The first-order chi connectivity index (χ1) is 16.8. The van der Waals surface area contributed by atoms with Gasteiger partial charge in [0.1, 0.15) is 6.04 Å². The van der Waals surface area contributed by atoms with E-state index >= 15 is 0 Å². The Kier molecular flexibility index (Phi) is 8.75. The summed E-state index contributed by atoms with van der Waals surface area (Å²) in [4.78, 5) is 38.3. The summed E-state index contributed by atoms with van der Waals surface area (Å²) in [5, 5.41) is 16.3. The van der Waals surface area contributed by atoms with Crippen LogP contribution in [0.4, 0.5) is 0 Å². The molecule has 182 valence electrons. The zero-order valence-electron chi connectivity index (χ0n) is 20.0. The molecular formula is C28H30N2O5. The van der Waals surface area contributed by atoms with Crippen molar-refractivity contribution in [3.63, 3.8) is 0 Å². The van der Waals surface area contributed by atoms with E-state index in [1.165, 1.54) is 7.11 Å². The Hall–Kier alpha value is -3.97. The van der Waals surface area contributed by atoms with Crippen molar-refractivity contribution in [2.24, 2.45) is 0 Å².